The van der Waals surface area contributed by atoms with Crippen LogP contribution in [0.1, 0.15) is 15.9 Å². The number of hydrogen-bond acceptors (Lipinski definition) is 4. The Kier molecular flexibility index (Phi) is 3.48. The number of nitrogens with zero attached hydrogens (tertiary/aromatic N) is 2. The number of amides is 1. The number of rotatable bonds is 2. The summed E-state index contributed by atoms with van der Waals surface area (Å²) >= 11 is 7.25. The van der Waals surface area contributed by atoms with Crippen molar-refractivity contribution in [1.29, 1.82) is 0 Å². The summed E-state index contributed by atoms with van der Waals surface area (Å²) in [4.78, 5) is 29.1. The summed E-state index contributed by atoms with van der Waals surface area (Å²) in [5.74, 6) is -0.501. The lowest BCUT2D eigenvalue weighted by atomic mass is 10.2. The number of aryl methyl sites for hydroxylation is 1. The first-order valence-electron chi connectivity index (χ1n) is 6.08. The molecule has 0 saturated heterocycles. The van der Waals surface area contributed by atoms with Crippen molar-refractivity contribution in [2.45, 2.75) is 6.92 Å². The van der Waals surface area contributed by atoms with Crippen molar-refractivity contribution in [3.8, 4) is 0 Å². The normalized spacial score (nSPS) is 10.8. The standard InChI is InChI=1S/C14H10ClN3O2S/c1-8-2-3-9(15)6-11(8)17-12(19)10-7-16-14-18(13(10)20)4-5-21-14/h2-7H,1H3,(H,17,19). The zero-order chi connectivity index (χ0) is 15.0. The van der Waals surface area contributed by atoms with Gasteiger partial charge in [0.15, 0.2) is 4.96 Å². The summed E-state index contributed by atoms with van der Waals surface area (Å²) in [7, 11) is 0. The van der Waals surface area contributed by atoms with Crippen molar-refractivity contribution in [2.75, 3.05) is 5.32 Å². The van der Waals surface area contributed by atoms with Crippen LogP contribution in [0.5, 0.6) is 0 Å². The van der Waals surface area contributed by atoms with E-state index in [1.807, 2.05) is 6.92 Å². The van der Waals surface area contributed by atoms with Crippen LogP contribution in [0.3, 0.4) is 0 Å². The highest BCUT2D eigenvalue weighted by atomic mass is 35.5. The number of thiazole rings is 1. The third-order valence-electron chi connectivity index (χ3n) is 3.04. The van der Waals surface area contributed by atoms with Crippen molar-refractivity contribution in [3.05, 3.63) is 62.5 Å². The molecule has 0 bridgehead atoms. The molecule has 1 aromatic carbocycles. The predicted molar refractivity (Wildman–Crippen MR) is 83.5 cm³/mol. The van der Waals surface area contributed by atoms with Crippen molar-refractivity contribution < 1.29 is 4.79 Å². The van der Waals surface area contributed by atoms with Gasteiger partial charge in [0.1, 0.15) is 5.56 Å². The second-order valence-corrected chi connectivity index (χ2v) is 5.76. The van der Waals surface area contributed by atoms with E-state index in [4.69, 9.17) is 11.6 Å². The third-order valence-corrected chi connectivity index (χ3v) is 4.04. The molecule has 3 aromatic rings. The van der Waals surface area contributed by atoms with Crippen molar-refractivity contribution in [1.82, 2.24) is 9.38 Å². The molecule has 0 aliphatic heterocycles. The topological polar surface area (TPSA) is 63.5 Å². The van der Waals surface area contributed by atoms with E-state index in [1.165, 1.54) is 21.9 Å². The van der Waals surface area contributed by atoms with E-state index in [9.17, 15) is 9.59 Å². The van der Waals surface area contributed by atoms with E-state index < -0.39 is 11.5 Å². The van der Waals surface area contributed by atoms with E-state index in [2.05, 4.69) is 10.3 Å². The Morgan fingerprint density at radius 1 is 1.43 bits per heavy atom. The third kappa shape index (κ3) is 2.55. The molecule has 106 valence electrons. The zero-order valence-electron chi connectivity index (χ0n) is 11.0. The molecule has 0 radical (unpaired) electrons. The van der Waals surface area contributed by atoms with Gasteiger partial charge in [-0.3, -0.25) is 14.0 Å². The average molecular weight is 320 g/mol. The zero-order valence-corrected chi connectivity index (χ0v) is 12.5. The van der Waals surface area contributed by atoms with E-state index >= 15 is 0 Å². The first-order chi connectivity index (χ1) is 10.1. The molecule has 3 rings (SSSR count). The number of anilines is 1. The highest BCUT2D eigenvalue weighted by Crippen LogP contribution is 2.20. The van der Waals surface area contributed by atoms with E-state index in [0.717, 1.165) is 5.56 Å². The number of carbonyl (C=O) groups excluding carboxylic acids is 1. The van der Waals surface area contributed by atoms with E-state index in [1.54, 1.807) is 29.8 Å². The summed E-state index contributed by atoms with van der Waals surface area (Å²) in [5.41, 5.74) is 1.03. The Labute approximate surface area is 128 Å². The van der Waals surface area contributed by atoms with Gasteiger partial charge in [-0.05, 0) is 24.6 Å². The maximum Gasteiger partial charge on any atom is 0.271 e. The summed E-state index contributed by atoms with van der Waals surface area (Å²) in [6, 6.07) is 5.18. The Morgan fingerprint density at radius 2 is 2.24 bits per heavy atom. The monoisotopic (exact) mass is 319 g/mol. The van der Waals surface area contributed by atoms with Gasteiger partial charge in [0.05, 0.1) is 0 Å². The van der Waals surface area contributed by atoms with E-state index in [-0.39, 0.29) is 5.56 Å². The van der Waals surface area contributed by atoms with Crippen LogP contribution < -0.4 is 10.9 Å². The number of hydrogen-bond donors (Lipinski definition) is 1. The van der Waals surface area contributed by atoms with Gasteiger partial charge in [-0.2, -0.15) is 0 Å². The van der Waals surface area contributed by atoms with Gasteiger partial charge in [0, 0.05) is 28.5 Å². The molecule has 2 aromatic heterocycles. The molecule has 2 heterocycles. The lowest BCUT2D eigenvalue weighted by molar-refractivity contribution is 0.102. The van der Waals surface area contributed by atoms with Crippen molar-refractivity contribution >= 4 is 39.5 Å². The van der Waals surface area contributed by atoms with Gasteiger partial charge >= 0.3 is 0 Å². The lowest BCUT2D eigenvalue weighted by Gasteiger charge is -2.08. The molecule has 5 nitrogen and oxygen atoms in total. The fourth-order valence-corrected chi connectivity index (χ4v) is 2.75. The maximum atomic E-state index is 12.3. The molecule has 0 fully saturated rings. The summed E-state index contributed by atoms with van der Waals surface area (Å²) in [6.07, 6.45) is 2.89. The lowest BCUT2D eigenvalue weighted by Crippen LogP contribution is -2.26. The van der Waals surface area contributed by atoms with Gasteiger partial charge in [0.2, 0.25) is 0 Å². The molecule has 1 amide bonds. The number of aromatic nitrogens is 2. The maximum absolute atomic E-state index is 12.3. The predicted octanol–water partition coefficient (Wildman–Crippen LogP) is 2.97. The van der Waals surface area contributed by atoms with E-state index in [0.29, 0.717) is 15.7 Å². The molecular weight excluding hydrogens is 310 g/mol. The van der Waals surface area contributed by atoms with Crippen LogP contribution in [-0.4, -0.2) is 15.3 Å². The highest BCUT2D eigenvalue weighted by Gasteiger charge is 2.14. The van der Waals surface area contributed by atoms with Gasteiger partial charge in [0.25, 0.3) is 11.5 Å². The minimum atomic E-state index is -0.501. The van der Waals surface area contributed by atoms with Crippen molar-refractivity contribution in [3.63, 3.8) is 0 Å². The van der Waals surface area contributed by atoms with Crippen LogP contribution in [0.25, 0.3) is 4.96 Å². The van der Waals surface area contributed by atoms with Crippen LogP contribution in [0.15, 0.2) is 40.8 Å². The van der Waals surface area contributed by atoms with Crippen LogP contribution in [-0.2, 0) is 0 Å². The molecule has 0 atom stereocenters. The number of carbonyl (C=O) groups is 1. The Morgan fingerprint density at radius 3 is 3.05 bits per heavy atom. The second-order valence-electron chi connectivity index (χ2n) is 4.45. The number of nitrogens with one attached hydrogen (secondary N) is 1. The highest BCUT2D eigenvalue weighted by molar-refractivity contribution is 7.15. The molecular formula is C14H10ClN3O2S. The van der Waals surface area contributed by atoms with Crippen LogP contribution in [0.4, 0.5) is 5.69 Å². The van der Waals surface area contributed by atoms with Gasteiger partial charge in [-0.1, -0.05) is 17.7 Å². The number of halogens is 1. The summed E-state index contributed by atoms with van der Waals surface area (Å²) in [5, 5.41) is 4.95. The van der Waals surface area contributed by atoms with Gasteiger partial charge < -0.3 is 5.32 Å². The molecule has 0 unspecified atom stereocenters. The quantitative estimate of drug-likeness (QED) is 0.790. The largest absolute Gasteiger partial charge is 0.321 e. The van der Waals surface area contributed by atoms with Crippen molar-refractivity contribution in [2.24, 2.45) is 0 Å². The SMILES string of the molecule is Cc1ccc(Cl)cc1NC(=O)c1cnc2sccn2c1=O. The molecule has 0 spiro atoms. The minimum Gasteiger partial charge on any atom is -0.321 e. The Bertz CT molecular complexity index is 901. The Balaban J connectivity index is 1.99. The van der Waals surface area contributed by atoms with Crippen LogP contribution >= 0.6 is 22.9 Å². The molecule has 0 aliphatic rings. The van der Waals surface area contributed by atoms with Crippen LogP contribution in [0.2, 0.25) is 5.02 Å². The Hall–Kier alpha value is -2.18. The first kappa shape index (κ1) is 13.8. The number of fused-ring (bicyclic) bond motifs is 1. The minimum absolute atomic E-state index is 0.00900. The smallest absolute Gasteiger partial charge is 0.271 e. The first-order valence-corrected chi connectivity index (χ1v) is 7.34. The molecule has 7 heteroatoms. The molecule has 0 saturated carbocycles. The average Bonchev–Trinajstić information content (AvgIpc) is 2.92. The summed E-state index contributed by atoms with van der Waals surface area (Å²) in [6.45, 7) is 1.85. The van der Waals surface area contributed by atoms with Crippen LogP contribution in [0, 0.1) is 6.92 Å². The van der Waals surface area contributed by atoms with Gasteiger partial charge in [-0.25, -0.2) is 4.98 Å². The fourth-order valence-electron chi connectivity index (χ4n) is 1.90. The molecule has 21 heavy (non-hydrogen) atoms. The molecule has 0 aliphatic carbocycles. The second kappa shape index (κ2) is 5.31. The summed E-state index contributed by atoms with van der Waals surface area (Å²) < 4.78 is 1.35. The van der Waals surface area contributed by atoms with Gasteiger partial charge in [-0.15, -0.1) is 11.3 Å². The number of benzene rings is 1. The fraction of sp³-hybridized carbons (Fsp3) is 0.0714. The molecule has 1 N–H and O–H groups in total.